The summed E-state index contributed by atoms with van der Waals surface area (Å²) < 4.78 is 19.9. The van der Waals surface area contributed by atoms with E-state index in [0.29, 0.717) is 30.2 Å². The third-order valence-electron chi connectivity index (χ3n) is 3.95. The van der Waals surface area contributed by atoms with Crippen LogP contribution >= 0.6 is 0 Å². The summed E-state index contributed by atoms with van der Waals surface area (Å²) in [5, 5.41) is 8.72. The Morgan fingerprint density at radius 3 is 2.87 bits per heavy atom. The maximum atomic E-state index is 14.1. The van der Waals surface area contributed by atoms with Crippen LogP contribution < -0.4 is 15.1 Å². The number of benzene rings is 2. The minimum Gasteiger partial charge on any atom is -0.491 e. The molecule has 23 heavy (non-hydrogen) atoms. The minimum absolute atomic E-state index is 0.0329. The lowest BCUT2D eigenvalue weighted by Crippen LogP contribution is -2.35. The molecule has 0 fully saturated rings. The number of carbonyl (C=O) groups is 1. The van der Waals surface area contributed by atoms with Crippen LogP contribution in [0.3, 0.4) is 0 Å². The molecule has 0 bridgehead atoms. The second-order valence-electron chi connectivity index (χ2n) is 5.50. The standard InChI is InChI=1S/C17H17FN2O3/c1-11-10-23-16-8-12(17(21)19-22)6-7-13(16)9-20(11)15-5-3-2-4-14(15)18/h2-8,11,22H,9-10H2,1H3,(H,19,21). The lowest BCUT2D eigenvalue weighted by Gasteiger charge is -2.28. The average Bonchev–Trinajstić information content (AvgIpc) is 2.73. The third kappa shape index (κ3) is 2.98. The lowest BCUT2D eigenvalue weighted by atomic mass is 10.1. The van der Waals surface area contributed by atoms with Gasteiger partial charge in [-0.3, -0.25) is 10.0 Å². The second kappa shape index (κ2) is 6.26. The Balaban J connectivity index is 1.96. The number of hydrogen-bond donors (Lipinski definition) is 2. The number of hydrogen-bond acceptors (Lipinski definition) is 4. The van der Waals surface area contributed by atoms with Crippen molar-refractivity contribution in [1.29, 1.82) is 0 Å². The SMILES string of the molecule is CC1COc2cc(C(=O)NO)ccc2CN1c1ccccc1F. The maximum absolute atomic E-state index is 14.1. The van der Waals surface area contributed by atoms with Gasteiger partial charge in [-0.2, -0.15) is 0 Å². The van der Waals surface area contributed by atoms with E-state index in [2.05, 4.69) is 0 Å². The molecule has 2 N–H and O–H groups in total. The largest absolute Gasteiger partial charge is 0.491 e. The molecule has 120 valence electrons. The first-order valence-electron chi connectivity index (χ1n) is 7.31. The molecular weight excluding hydrogens is 299 g/mol. The summed E-state index contributed by atoms with van der Waals surface area (Å²) in [7, 11) is 0. The molecule has 1 heterocycles. The predicted molar refractivity (Wildman–Crippen MR) is 83.2 cm³/mol. The van der Waals surface area contributed by atoms with Crippen LogP contribution in [0.4, 0.5) is 10.1 Å². The number of carbonyl (C=O) groups excluding carboxylic acids is 1. The number of rotatable bonds is 2. The third-order valence-corrected chi connectivity index (χ3v) is 3.95. The van der Waals surface area contributed by atoms with Crippen molar-refractivity contribution in [1.82, 2.24) is 5.48 Å². The van der Waals surface area contributed by atoms with Crippen molar-refractivity contribution in [2.24, 2.45) is 0 Å². The number of ether oxygens (including phenoxy) is 1. The fraction of sp³-hybridized carbons (Fsp3) is 0.235. The normalized spacial score (nSPS) is 17.0. The zero-order valence-corrected chi connectivity index (χ0v) is 12.6. The van der Waals surface area contributed by atoms with Crippen LogP contribution in [0.25, 0.3) is 0 Å². The van der Waals surface area contributed by atoms with Crippen molar-refractivity contribution in [3.8, 4) is 5.75 Å². The molecule has 0 saturated carbocycles. The van der Waals surface area contributed by atoms with Crippen LogP contribution in [0.1, 0.15) is 22.8 Å². The number of anilines is 1. The van der Waals surface area contributed by atoms with E-state index in [1.54, 1.807) is 41.9 Å². The Kier molecular flexibility index (Phi) is 4.16. The summed E-state index contributed by atoms with van der Waals surface area (Å²) in [6.07, 6.45) is 0. The highest BCUT2D eigenvalue weighted by Crippen LogP contribution is 2.30. The van der Waals surface area contributed by atoms with Gasteiger partial charge < -0.3 is 9.64 Å². The minimum atomic E-state index is -0.598. The molecule has 1 amide bonds. The van der Waals surface area contributed by atoms with Crippen molar-refractivity contribution >= 4 is 11.6 Å². The predicted octanol–water partition coefficient (Wildman–Crippen LogP) is 2.73. The molecule has 0 radical (unpaired) electrons. The Labute approximate surface area is 133 Å². The molecule has 0 spiro atoms. The van der Waals surface area contributed by atoms with Crippen LogP contribution in [0.2, 0.25) is 0 Å². The van der Waals surface area contributed by atoms with Crippen molar-refractivity contribution in [3.05, 3.63) is 59.4 Å². The smallest absolute Gasteiger partial charge is 0.274 e. The topological polar surface area (TPSA) is 61.8 Å². The Morgan fingerprint density at radius 2 is 2.13 bits per heavy atom. The first-order valence-corrected chi connectivity index (χ1v) is 7.31. The summed E-state index contributed by atoms with van der Waals surface area (Å²) >= 11 is 0. The molecule has 6 heteroatoms. The molecule has 3 rings (SSSR count). The number of para-hydroxylation sites is 1. The lowest BCUT2D eigenvalue weighted by molar-refractivity contribution is 0.0706. The van der Waals surface area contributed by atoms with E-state index in [9.17, 15) is 9.18 Å². The Bertz CT molecular complexity index is 736. The maximum Gasteiger partial charge on any atom is 0.274 e. The van der Waals surface area contributed by atoms with Gasteiger partial charge in [-0.1, -0.05) is 18.2 Å². The van der Waals surface area contributed by atoms with Gasteiger partial charge in [-0.15, -0.1) is 0 Å². The van der Waals surface area contributed by atoms with E-state index in [1.165, 1.54) is 6.07 Å². The first-order chi connectivity index (χ1) is 11.1. The van der Waals surface area contributed by atoms with Crippen LogP contribution in [-0.2, 0) is 6.54 Å². The van der Waals surface area contributed by atoms with Gasteiger partial charge >= 0.3 is 0 Å². The van der Waals surface area contributed by atoms with Crippen LogP contribution in [0, 0.1) is 5.82 Å². The number of nitrogens with one attached hydrogen (secondary N) is 1. The van der Waals surface area contributed by atoms with Crippen LogP contribution in [-0.4, -0.2) is 23.8 Å². The fourth-order valence-corrected chi connectivity index (χ4v) is 2.67. The molecular formula is C17H17FN2O3. The van der Waals surface area contributed by atoms with Crippen LogP contribution in [0.15, 0.2) is 42.5 Å². The van der Waals surface area contributed by atoms with E-state index < -0.39 is 5.91 Å². The van der Waals surface area contributed by atoms with Gasteiger partial charge in [-0.25, -0.2) is 9.87 Å². The summed E-state index contributed by atoms with van der Waals surface area (Å²) in [5.74, 6) is -0.310. The highest BCUT2D eigenvalue weighted by atomic mass is 19.1. The monoisotopic (exact) mass is 316 g/mol. The number of nitrogens with zero attached hydrogens (tertiary/aromatic N) is 1. The van der Waals surface area contributed by atoms with Crippen LogP contribution in [0.5, 0.6) is 5.75 Å². The zero-order valence-electron chi connectivity index (χ0n) is 12.6. The highest BCUT2D eigenvalue weighted by molar-refractivity contribution is 5.93. The molecule has 0 aromatic heterocycles. The van der Waals surface area contributed by atoms with Gasteiger partial charge in [0.25, 0.3) is 5.91 Å². The van der Waals surface area contributed by atoms with Crippen molar-refractivity contribution in [3.63, 3.8) is 0 Å². The van der Waals surface area contributed by atoms with Crippen molar-refractivity contribution < 1.29 is 19.1 Å². The van der Waals surface area contributed by atoms with E-state index in [0.717, 1.165) is 5.56 Å². The van der Waals surface area contributed by atoms with Gasteiger partial charge in [0.1, 0.15) is 18.2 Å². The molecule has 0 aliphatic carbocycles. The summed E-state index contributed by atoms with van der Waals surface area (Å²) in [4.78, 5) is 13.4. The number of hydroxylamine groups is 1. The number of amides is 1. The summed E-state index contributed by atoms with van der Waals surface area (Å²) in [6, 6.07) is 11.5. The van der Waals surface area contributed by atoms with Gasteiger partial charge in [-0.05, 0) is 31.2 Å². The molecule has 1 unspecified atom stereocenters. The average molecular weight is 316 g/mol. The second-order valence-corrected chi connectivity index (χ2v) is 5.50. The molecule has 2 aromatic carbocycles. The Hall–Kier alpha value is -2.60. The van der Waals surface area contributed by atoms with Gasteiger partial charge in [0.2, 0.25) is 0 Å². The van der Waals surface area contributed by atoms with Crippen molar-refractivity contribution in [2.75, 3.05) is 11.5 Å². The van der Waals surface area contributed by atoms with Gasteiger partial charge in [0.05, 0.1) is 11.7 Å². The van der Waals surface area contributed by atoms with Crippen molar-refractivity contribution in [2.45, 2.75) is 19.5 Å². The zero-order chi connectivity index (χ0) is 16.4. The fourth-order valence-electron chi connectivity index (χ4n) is 2.67. The number of fused-ring (bicyclic) bond motifs is 1. The Morgan fingerprint density at radius 1 is 1.35 bits per heavy atom. The van der Waals surface area contributed by atoms with E-state index in [-0.39, 0.29) is 11.9 Å². The quantitative estimate of drug-likeness (QED) is 0.660. The first kappa shape index (κ1) is 15.3. The molecule has 1 aliphatic rings. The van der Waals surface area contributed by atoms with E-state index >= 15 is 0 Å². The highest BCUT2D eigenvalue weighted by Gasteiger charge is 2.24. The molecule has 5 nitrogen and oxygen atoms in total. The summed E-state index contributed by atoms with van der Waals surface area (Å²) in [5.41, 5.74) is 3.28. The van der Waals surface area contributed by atoms with E-state index in [1.807, 2.05) is 11.8 Å². The molecule has 1 aliphatic heterocycles. The van der Waals surface area contributed by atoms with E-state index in [4.69, 9.17) is 9.94 Å². The molecule has 0 saturated heterocycles. The summed E-state index contributed by atoms with van der Waals surface area (Å²) in [6.45, 7) is 2.80. The molecule has 1 atom stereocenters. The van der Waals surface area contributed by atoms with Gasteiger partial charge in [0.15, 0.2) is 0 Å². The number of halogens is 1. The van der Waals surface area contributed by atoms with Gasteiger partial charge in [0, 0.05) is 17.7 Å². The molecule has 2 aromatic rings.